The van der Waals surface area contributed by atoms with E-state index in [1.807, 2.05) is 0 Å². The van der Waals surface area contributed by atoms with Crippen LogP contribution in [0, 0.1) is 5.92 Å². The summed E-state index contributed by atoms with van der Waals surface area (Å²) in [6.07, 6.45) is 4.47. The van der Waals surface area contributed by atoms with Crippen LogP contribution >= 0.6 is 11.6 Å². The molecule has 1 fully saturated rings. The molecule has 0 aliphatic heterocycles. The van der Waals surface area contributed by atoms with Crippen molar-refractivity contribution in [2.75, 3.05) is 6.61 Å². The molecule has 1 amide bonds. The molecule has 1 N–H and O–H groups in total. The average molecular weight is 310 g/mol. The van der Waals surface area contributed by atoms with E-state index in [9.17, 15) is 9.59 Å². The van der Waals surface area contributed by atoms with Crippen LogP contribution in [0.3, 0.4) is 0 Å². The number of nitrogens with one attached hydrogen (secondary N) is 1. The van der Waals surface area contributed by atoms with Gasteiger partial charge >= 0.3 is 5.97 Å². The van der Waals surface area contributed by atoms with E-state index >= 15 is 0 Å². The van der Waals surface area contributed by atoms with Crippen LogP contribution in [0.25, 0.3) is 0 Å². The summed E-state index contributed by atoms with van der Waals surface area (Å²) in [6, 6.07) is 6.81. The van der Waals surface area contributed by atoms with Gasteiger partial charge in [-0.2, -0.15) is 0 Å². The predicted molar refractivity (Wildman–Crippen MR) is 81.3 cm³/mol. The van der Waals surface area contributed by atoms with Gasteiger partial charge in [-0.25, -0.2) is 4.79 Å². The SMILES string of the molecule is C[C@@H]1CCCC[C@H]1NC(=O)COC(=O)c1ccccc1Cl. The molecule has 1 aromatic rings. The molecule has 1 aliphatic rings. The Kier molecular flexibility index (Phi) is 5.62. The number of carbonyl (C=O) groups is 2. The lowest BCUT2D eigenvalue weighted by molar-refractivity contribution is -0.125. The first kappa shape index (κ1) is 15.8. The minimum atomic E-state index is -0.576. The summed E-state index contributed by atoms with van der Waals surface area (Å²) in [5.74, 6) is -0.358. The lowest BCUT2D eigenvalue weighted by Gasteiger charge is -2.29. The van der Waals surface area contributed by atoms with Crippen LogP contribution in [-0.4, -0.2) is 24.5 Å². The maximum Gasteiger partial charge on any atom is 0.340 e. The van der Waals surface area contributed by atoms with Gasteiger partial charge in [-0.3, -0.25) is 4.79 Å². The highest BCUT2D eigenvalue weighted by atomic mass is 35.5. The van der Waals surface area contributed by atoms with E-state index in [1.165, 1.54) is 6.42 Å². The van der Waals surface area contributed by atoms with Crippen molar-refractivity contribution in [2.45, 2.75) is 38.6 Å². The fourth-order valence-corrected chi connectivity index (χ4v) is 2.83. The number of hydrogen-bond donors (Lipinski definition) is 1. The lowest BCUT2D eigenvalue weighted by Crippen LogP contribution is -2.42. The van der Waals surface area contributed by atoms with E-state index in [-0.39, 0.29) is 24.1 Å². The average Bonchev–Trinajstić information content (AvgIpc) is 2.48. The smallest absolute Gasteiger partial charge is 0.340 e. The third-order valence-electron chi connectivity index (χ3n) is 3.89. The molecular weight excluding hydrogens is 290 g/mol. The van der Waals surface area contributed by atoms with E-state index in [2.05, 4.69) is 12.2 Å². The number of halogens is 1. The number of esters is 1. The number of carbonyl (C=O) groups excluding carboxylic acids is 2. The van der Waals surface area contributed by atoms with Gasteiger partial charge in [0.1, 0.15) is 0 Å². The fraction of sp³-hybridized carbons (Fsp3) is 0.500. The third kappa shape index (κ3) is 4.46. The second-order valence-corrected chi connectivity index (χ2v) is 5.90. The van der Waals surface area contributed by atoms with Crippen LogP contribution in [0.1, 0.15) is 43.0 Å². The molecule has 4 nitrogen and oxygen atoms in total. The van der Waals surface area contributed by atoms with Crippen LogP contribution in [0.4, 0.5) is 0 Å². The van der Waals surface area contributed by atoms with Crippen molar-refractivity contribution >= 4 is 23.5 Å². The normalized spacial score (nSPS) is 21.6. The third-order valence-corrected chi connectivity index (χ3v) is 4.22. The largest absolute Gasteiger partial charge is 0.452 e. The van der Waals surface area contributed by atoms with E-state index in [0.717, 1.165) is 19.3 Å². The Morgan fingerprint density at radius 2 is 2.00 bits per heavy atom. The second-order valence-electron chi connectivity index (χ2n) is 5.49. The monoisotopic (exact) mass is 309 g/mol. The maximum absolute atomic E-state index is 11.9. The molecule has 1 aromatic carbocycles. The van der Waals surface area contributed by atoms with Crippen molar-refractivity contribution in [3.8, 4) is 0 Å². The van der Waals surface area contributed by atoms with E-state index in [0.29, 0.717) is 10.9 Å². The zero-order chi connectivity index (χ0) is 15.2. The summed E-state index contributed by atoms with van der Waals surface area (Å²) < 4.78 is 5.01. The molecule has 1 saturated carbocycles. The predicted octanol–water partition coefficient (Wildman–Crippen LogP) is 3.19. The van der Waals surface area contributed by atoms with Gasteiger partial charge in [0.15, 0.2) is 6.61 Å². The van der Waals surface area contributed by atoms with Crippen molar-refractivity contribution < 1.29 is 14.3 Å². The zero-order valence-corrected chi connectivity index (χ0v) is 12.9. The Morgan fingerprint density at radius 1 is 1.29 bits per heavy atom. The summed E-state index contributed by atoms with van der Waals surface area (Å²) in [5, 5.41) is 3.26. The number of ether oxygens (including phenoxy) is 1. The number of benzene rings is 1. The molecule has 114 valence electrons. The molecule has 2 rings (SSSR count). The minimum absolute atomic E-state index is 0.185. The molecule has 0 aromatic heterocycles. The first-order valence-electron chi connectivity index (χ1n) is 7.29. The van der Waals surface area contributed by atoms with Crippen molar-refractivity contribution in [1.82, 2.24) is 5.32 Å². The molecular formula is C16H20ClNO3. The van der Waals surface area contributed by atoms with Gasteiger partial charge in [-0.05, 0) is 30.9 Å². The first-order chi connectivity index (χ1) is 10.1. The van der Waals surface area contributed by atoms with Crippen LogP contribution in [0.5, 0.6) is 0 Å². The van der Waals surface area contributed by atoms with Crippen molar-refractivity contribution in [1.29, 1.82) is 0 Å². The molecule has 0 saturated heterocycles. The van der Waals surface area contributed by atoms with Crippen molar-refractivity contribution in [3.63, 3.8) is 0 Å². The van der Waals surface area contributed by atoms with Gasteiger partial charge in [-0.1, -0.05) is 43.5 Å². The summed E-state index contributed by atoms with van der Waals surface area (Å²) in [4.78, 5) is 23.7. The van der Waals surface area contributed by atoms with Gasteiger partial charge < -0.3 is 10.1 Å². The van der Waals surface area contributed by atoms with Crippen molar-refractivity contribution in [2.24, 2.45) is 5.92 Å². The van der Waals surface area contributed by atoms with Crippen LogP contribution in [-0.2, 0) is 9.53 Å². The van der Waals surface area contributed by atoms with Gasteiger partial charge in [0.2, 0.25) is 0 Å². The topological polar surface area (TPSA) is 55.4 Å². The Hall–Kier alpha value is -1.55. The van der Waals surface area contributed by atoms with Crippen LogP contribution < -0.4 is 5.32 Å². The summed E-state index contributed by atoms with van der Waals surface area (Å²) in [6.45, 7) is 1.87. The van der Waals surface area contributed by atoms with Gasteiger partial charge in [0.05, 0.1) is 10.6 Å². The fourth-order valence-electron chi connectivity index (χ4n) is 2.61. The zero-order valence-electron chi connectivity index (χ0n) is 12.1. The Morgan fingerprint density at radius 3 is 2.71 bits per heavy atom. The highest BCUT2D eigenvalue weighted by Crippen LogP contribution is 2.23. The van der Waals surface area contributed by atoms with E-state index in [1.54, 1.807) is 24.3 Å². The number of hydrogen-bond acceptors (Lipinski definition) is 3. The molecule has 5 heteroatoms. The Balaban J connectivity index is 1.81. The molecule has 21 heavy (non-hydrogen) atoms. The number of amides is 1. The molecule has 0 unspecified atom stereocenters. The summed E-state index contributed by atoms with van der Waals surface area (Å²) in [5.41, 5.74) is 0.276. The van der Waals surface area contributed by atoms with Gasteiger partial charge in [0.25, 0.3) is 5.91 Å². The second kappa shape index (κ2) is 7.46. The van der Waals surface area contributed by atoms with Crippen LogP contribution in [0.15, 0.2) is 24.3 Å². The minimum Gasteiger partial charge on any atom is -0.452 e. The van der Waals surface area contributed by atoms with Gasteiger partial charge in [0, 0.05) is 6.04 Å². The van der Waals surface area contributed by atoms with E-state index < -0.39 is 5.97 Å². The number of rotatable bonds is 4. The van der Waals surface area contributed by atoms with Crippen LogP contribution in [0.2, 0.25) is 5.02 Å². The molecule has 2 atom stereocenters. The summed E-state index contributed by atoms with van der Waals surface area (Å²) >= 11 is 5.91. The molecule has 0 heterocycles. The highest BCUT2D eigenvalue weighted by molar-refractivity contribution is 6.33. The molecule has 0 radical (unpaired) electrons. The lowest BCUT2D eigenvalue weighted by atomic mass is 9.86. The van der Waals surface area contributed by atoms with Gasteiger partial charge in [-0.15, -0.1) is 0 Å². The quantitative estimate of drug-likeness (QED) is 0.869. The Labute approximate surface area is 129 Å². The highest BCUT2D eigenvalue weighted by Gasteiger charge is 2.23. The molecule has 0 bridgehead atoms. The van der Waals surface area contributed by atoms with Crippen molar-refractivity contribution in [3.05, 3.63) is 34.9 Å². The maximum atomic E-state index is 11.9. The molecule has 1 aliphatic carbocycles. The standard InChI is InChI=1S/C16H20ClNO3/c1-11-6-2-5-9-14(11)18-15(19)10-21-16(20)12-7-3-4-8-13(12)17/h3-4,7-8,11,14H,2,5-6,9-10H2,1H3,(H,18,19)/t11-,14-/m1/s1. The molecule has 0 spiro atoms. The first-order valence-corrected chi connectivity index (χ1v) is 7.66. The Bertz CT molecular complexity index is 518. The summed E-state index contributed by atoms with van der Waals surface area (Å²) in [7, 11) is 0. The van der Waals surface area contributed by atoms with E-state index in [4.69, 9.17) is 16.3 Å².